The Morgan fingerprint density at radius 2 is 2.05 bits per heavy atom. The highest BCUT2D eigenvalue weighted by atomic mass is 35.5. The summed E-state index contributed by atoms with van der Waals surface area (Å²) in [6, 6.07) is 1.24. The molecule has 1 saturated carbocycles. The van der Waals surface area contributed by atoms with Gasteiger partial charge in [0.1, 0.15) is 10.0 Å². The van der Waals surface area contributed by atoms with Crippen molar-refractivity contribution < 1.29 is 13.5 Å². The fourth-order valence-electron chi connectivity index (χ4n) is 2.34. The summed E-state index contributed by atoms with van der Waals surface area (Å²) in [4.78, 5) is 3.65. The Morgan fingerprint density at radius 3 is 2.62 bits per heavy atom. The first kappa shape index (κ1) is 17.0. The summed E-state index contributed by atoms with van der Waals surface area (Å²) in [5, 5.41) is 10.5. The van der Waals surface area contributed by atoms with Gasteiger partial charge in [0.05, 0.1) is 10.6 Å². The minimum atomic E-state index is -3.77. The first-order valence-corrected chi connectivity index (χ1v) is 8.99. The number of sulfonamides is 1. The highest BCUT2D eigenvalue weighted by Gasteiger charge is 2.33. The predicted molar refractivity (Wildman–Crippen MR) is 82.0 cm³/mol. The number of hydrogen-bond acceptors (Lipinski definition) is 4. The molecule has 0 bridgehead atoms. The maximum Gasteiger partial charge on any atom is 0.242 e. The number of aliphatic hydroxyl groups is 1. The molecule has 1 aromatic rings. The van der Waals surface area contributed by atoms with E-state index < -0.39 is 15.6 Å². The van der Waals surface area contributed by atoms with Crippen molar-refractivity contribution >= 4 is 33.2 Å². The lowest BCUT2D eigenvalue weighted by Crippen LogP contribution is -2.45. The summed E-state index contributed by atoms with van der Waals surface area (Å²) in [6.45, 7) is 2.12. The quantitative estimate of drug-likeness (QED) is 0.816. The zero-order valence-corrected chi connectivity index (χ0v) is 14.0. The zero-order valence-electron chi connectivity index (χ0n) is 11.6. The van der Waals surface area contributed by atoms with Crippen molar-refractivity contribution in [1.82, 2.24) is 9.71 Å². The van der Waals surface area contributed by atoms with E-state index in [0.717, 1.165) is 19.0 Å². The Kier molecular flexibility index (Phi) is 5.15. The van der Waals surface area contributed by atoms with E-state index in [1.165, 1.54) is 6.07 Å². The van der Waals surface area contributed by atoms with E-state index in [2.05, 4.69) is 16.6 Å². The summed E-state index contributed by atoms with van der Waals surface area (Å²) in [6.07, 6.45) is 4.12. The molecular weight excluding hydrogens is 335 g/mol. The molecule has 118 valence electrons. The molecule has 1 aromatic heterocycles. The first-order chi connectivity index (χ1) is 9.72. The van der Waals surface area contributed by atoms with E-state index >= 15 is 0 Å². The Balaban J connectivity index is 2.06. The lowest BCUT2D eigenvalue weighted by Gasteiger charge is -2.34. The number of pyridine rings is 1. The van der Waals surface area contributed by atoms with E-state index in [1.54, 1.807) is 0 Å². The molecule has 5 nitrogen and oxygen atoms in total. The highest BCUT2D eigenvalue weighted by molar-refractivity contribution is 7.89. The van der Waals surface area contributed by atoms with Crippen molar-refractivity contribution in [3.8, 4) is 0 Å². The molecule has 0 saturated heterocycles. The average Bonchev–Trinajstić information content (AvgIpc) is 2.43. The van der Waals surface area contributed by atoms with Crippen molar-refractivity contribution in [2.45, 2.75) is 43.1 Å². The van der Waals surface area contributed by atoms with E-state index in [0.29, 0.717) is 18.8 Å². The Labute approximate surface area is 134 Å². The molecule has 0 aliphatic heterocycles. The Morgan fingerprint density at radius 1 is 1.43 bits per heavy atom. The van der Waals surface area contributed by atoms with E-state index in [4.69, 9.17) is 23.2 Å². The van der Waals surface area contributed by atoms with Crippen molar-refractivity contribution in [1.29, 1.82) is 0 Å². The number of nitrogens with one attached hydrogen (secondary N) is 1. The molecule has 0 aromatic carbocycles. The maximum atomic E-state index is 12.2. The number of halogens is 2. The monoisotopic (exact) mass is 352 g/mol. The third kappa shape index (κ3) is 4.29. The van der Waals surface area contributed by atoms with Crippen LogP contribution in [0.2, 0.25) is 10.2 Å². The van der Waals surface area contributed by atoms with Crippen molar-refractivity contribution in [3.63, 3.8) is 0 Å². The number of hydrogen-bond donors (Lipinski definition) is 2. The standard InChI is InChI=1S/C13H18Cl2N2O3S/c1-9-2-4-13(18,5-3-9)8-17-21(19,20)10-6-11(14)12(15)16-7-10/h6-7,9,17-18H,2-5,8H2,1H3. The molecule has 1 fully saturated rings. The molecule has 21 heavy (non-hydrogen) atoms. The van der Waals surface area contributed by atoms with Crippen molar-refractivity contribution in [3.05, 3.63) is 22.4 Å². The average molecular weight is 353 g/mol. The van der Waals surface area contributed by atoms with Gasteiger partial charge in [-0.25, -0.2) is 18.1 Å². The summed E-state index contributed by atoms with van der Waals surface area (Å²) in [7, 11) is -3.77. The summed E-state index contributed by atoms with van der Waals surface area (Å²) >= 11 is 11.4. The van der Waals surface area contributed by atoms with Gasteiger partial charge in [0.2, 0.25) is 10.0 Å². The van der Waals surface area contributed by atoms with Crippen LogP contribution < -0.4 is 4.72 Å². The van der Waals surface area contributed by atoms with Crippen LogP contribution in [-0.4, -0.2) is 30.7 Å². The molecule has 0 unspecified atom stereocenters. The molecular formula is C13H18Cl2N2O3S. The third-order valence-corrected chi connectivity index (χ3v) is 5.93. The molecule has 1 aliphatic carbocycles. The van der Waals surface area contributed by atoms with Gasteiger partial charge in [0.15, 0.2) is 0 Å². The zero-order chi connectivity index (χ0) is 15.7. The van der Waals surface area contributed by atoms with Gasteiger partial charge >= 0.3 is 0 Å². The van der Waals surface area contributed by atoms with Crippen LogP contribution in [0.5, 0.6) is 0 Å². The second kappa shape index (κ2) is 6.38. The van der Waals surface area contributed by atoms with E-state index in [9.17, 15) is 13.5 Å². The SMILES string of the molecule is CC1CCC(O)(CNS(=O)(=O)c2cnc(Cl)c(Cl)c2)CC1. The molecule has 1 aliphatic rings. The topological polar surface area (TPSA) is 79.3 Å². The molecule has 0 spiro atoms. The van der Waals surface area contributed by atoms with E-state index in [1.807, 2.05) is 0 Å². The van der Waals surface area contributed by atoms with Gasteiger partial charge in [-0.2, -0.15) is 0 Å². The molecule has 0 atom stereocenters. The molecule has 2 N–H and O–H groups in total. The van der Waals surface area contributed by atoms with Gasteiger partial charge in [0, 0.05) is 12.7 Å². The van der Waals surface area contributed by atoms with Crippen LogP contribution in [0.25, 0.3) is 0 Å². The van der Waals surface area contributed by atoms with Crippen LogP contribution in [0.4, 0.5) is 0 Å². The molecule has 2 rings (SSSR count). The van der Waals surface area contributed by atoms with Crippen LogP contribution in [0, 0.1) is 5.92 Å². The number of nitrogens with zero attached hydrogens (tertiary/aromatic N) is 1. The van der Waals surface area contributed by atoms with Crippen LogP contribution in [0.15, 0.2) is 17.2 Å². The number of aromatic nitrogens is 1. The molecule has 8 heteroatoms. The van der Waals surface area contributed by atoms with Crippen LogP contribution >= 0.6 is 23.2 Å². The van der Waals surface area contributed by atoms with Gasteiger partial charge in [-0.15, -0.1) is 0 Å². The minimum Gasteiger partial charge on any atom is -0.389 e. The van der Waals surface area contributed by atoms with Gasteiger partial charge in [0.25, 0.3) is 0 Å². The Hall–Kier alpha value is -0.400. The Bertz CT molecular complexity index is 614. The number of rotatable bonds is 4. The van der Waals surface area contributed by atoms with E-state index in [-0.39, 0.29) is 21.6 Å². The fourth-order valence-corrected chi connectivity index (χ4v) is 3.76. The highest BCUT2D eigenvalue weighted by Crippen LogP contribution is 2.31. The second-order valence-electron chi connectivity index (χ2n) is 5.68. The first-order valence-electron chi connectivity index (χ1n) is 6.75. The summed E-state index contributed by atoms with van der Waals surface area (Å²) < 4.78 is 26.8. The smallest absolute Gasteiger partial charge is 0.242 e. The van der Waals surface area contributed by atoms with Crippen LogP contribution in [0.1, 0.15) is 32.6 Å². The van der Waals surface area contributed by atoms with Crippen LogP contribution in [-0.2, 0) is 10.0 Å². The van der Waals surface area contributed by atoms with Crippen LogP contribution in [0.3, 0.4) is 0 Å². The largest absolute Gasteiger partial charge is 0.389 e. The maximum absolute atomic E-state index is 12.2. The van der Waals surface area contributed by atoms with Gasteiger partial charge in [-0.3, -0.25) is 0 Å². The lowest BCUT2D eigenvalue weighted by molar-refractivity contribution is -0.00182. The van der Waals surface area contributed by atoms with Gasteiger partial charge in [-0.1, -0.05) is 30.1 Å². The predicted octanol–water partition coefficient (Wildman–Crippen LogP) is 2.61. The normalized spacial score (nSPS) is 26.8. The second-order valence-corrected chi connectivity index (χ2v) is 8.21. The lowest BCUT2D eigenvalue weighted by atomic mass is 9.80. The fraction of sp³-hybridized carbons (Fsp3) is 0.615. The van der Waals surface area contributed by atoms with Gasteiger partial charge in [-0.05, 0) is 37.7 Å². The summed E-state index contributed by atoms with van der Waals surface area (Å²) in [5.74, 6) is 0.571. The molecule has 0 radical (unpaired) electrons. The summed E-state index contributed by atoms with van der Waals surface area (Å²) in [5.41, 5.74) is -0.983. The molecule has 0 amide bonds. The van der Waals surface area contributed by atoms with Crippen molar-refractivity contribution in [2.24, 2.45) is 5.92 Å². The van der Waals surface area contributed by atoms with Gasteiger partial charge < -0.3 is 5.11 Å². The minimum absolute atomic E-state index is 0.0116. The molecule has 1 heterocycles. The third-order valence-electron chi connectivity index (χ3n) is 3.88. The van der Waals surface area contributed by atoms with Crippen molar-refractivity contribution in [2.75, 3.05) is 6.54 Å².